The molecule has 4 rings (SSSR count). The lowest BCUT2D eigenvalue weighted by atomic mass is 9.98. The van der Waals surface area contributed by atoms with E-state index in [1.165, 1.54) is 11.6 Å². The summed E-state index contributed by atoms with van der Waals surface area (Å²) in [7, 11) is -4.98. The van der Waals surface area contributed by atoms with Crippen molar-refractivity contribution in [2.45, 2.75) is 38.0 Å². The predicted molar refractivity (Wildman–Crippen MR) is 130 cm³/mol. The van der Waals surface area contributed by atoms with E-state index in [9.17, 15) is 32.5 Å². The molecule has 0 radical (unpaired) electrons. The lowest BCUT2D eigenvalue weighted by molar-refractivity contribution is -0.145. The number of β-lactam (4-membered cyclic amide) rings is 1. The molecular weight excluding hydrogens is 546 g/mol. The molecule has 3 heterocycles. The number of aliphatic carboxylic acids is 1. The third-order valence-electron chi connectivity index (χ3n) is 5.93. The standard InChI is InChI=1S/C18H23N11O7S2/c19-16(20)22-3-8-4-24-28(27-8)5-10-12(14(31)29(10)38(34,35)36)26-13(30)11(9-6-37-17(21)25-9)23-7-18(1-2-18)15(32)33/h4,6,10,12H,1-3,5,7H2,(H2,21,25)(H,26,30)(H,32,33)(H4,19,20,22)(H,34,35,36)/b23-11+. The van der Waals surface area contributed by atoms with Crippen LogP contribution in [-0.4, -0.2) is 90.4 Å². The number of thiazole rings is 1. The van der Waals surface area contributed by atoms with E-state index in [0.29, 0.717) is 18.5 Å². The number of nitrogen functional groups attached to an aromatic ring is 1. The molecule has 0 spiro atoms. The normalized spacial score (nSPS) is 20.5. The third-order valence-corrected chi connectivity index (χ3v) is 7.55. The van der Waals surface area contributed by atoms with Gasteiger partial charge in [0.15, 0.2) is 11.1 Å². The molecule has 2 fully saturated rings. The van der Waals surface area contributed by atoms with Crippen molar-refractivity contribution >= 4 is 56.2 Å². The molecule has 2 unspecified atom stereocenters. The van der Waals surface area contributed by atoms with Gasteiger partial charge in [-0.3, -0.25) is 29.3 Å². The van der Waals surface area contributed by atoms with Gasteiger partial charge < -0.3 is 27.2 Å². The second kappa shape index (κ2) is 9.95. The minimum Gasteiger partial charge on any atom is -0.481 e. The number of rotatable bonds is 11. The molecule has 2 atom stereocenters. The molecule has 2 amide bonds. The van der Waals surface area contributed by atoms with Crippen molar-refractivity contribution in [1.82, 2.24) is 34.9 Å². The topological polar surface area (TPSA) is 285 Å². The number of carbonyl (C=O) groups excluding carboxylic acids is 2. The Morgan fingerprint density at radius 2 is 2.08 bits per heavy atom. The summed E-state index contributed by atoms with van der Waals surface area (Å²) in [4.78, 5) is 46.6. The van der Waals surface area contributed by atoms with Gasteiger partial charge >= 0.3 is 16.3 Å². The van der Waals surface area contributed by atoms with Gasteiger partial charge in [0, 0.05) is 5.38 Å². The zero-order chi connectivity index (χ0) is 27.8. The number of hydrogen-bond acceptors (Lipinski definition) is 12. The van der Waals surface area contributed by atoms with Crippen molar-refractivity contribution in [3.63, 3.8) is 0 Å². The number of hydrogen-bond donors (Lipinski definition) is 7. The monoisotopic (exact) mass is 569 g/mol. The summed E-state index contributed by atoms with van der Waals surface area (Å²) in [6, 6.07) is -2.73. The van der Waals surface area contributed by atoms with Gasteiger partial charge in [-0.2, -0.15) is 23.4 Å². The van der Waals surface area contributed by atoms with Gasteiger partial charge in [-0.25, -0.2) is 9.29 Å². The molecular formula is C18H23N11O7S2. The average Bonchev–Trinajstić information content (AvgIpc) is 3.29. The second-order valence-electron chi connectivity index (χ2n) is 8.61. The summed E-state index contributed by atoms with van der Waals surface area (Å²) in [5.74, 6) is -3.39. The first-order valence-corrected chi connectivity index (χ1v) is 13.2. The molecule has 0 aromatic carbocycles. The van der Waals surface area contributed by atoms with Crippen LogP contribution in [0.1, 0.15) is 24.2 Å². The number of aliphatic imine (C=N–C) groups is 1. The van der Waals surface area contributed by atoms with Gasteiger partial charge in [0.25, 0.3) is 11.8 Å². The van der Waals surface area contributed by atoms with Crippen molar-refractivity contribution in [1.29, 1.82) is 5.41 Å². The average molecular weight is 570 g/mol. The smallest absolute Gasteiger partial charge is 0.362 e. The molecule has 2 aromatic heterocycles. The molecule has 2 aromatic rings. The fourth-order valence-corrected chi connectivity index (χ4v) is 5.11. The molecule has 9 N–H and O–H groups in total. The highest BCUT2D eigenvalue weighted by atomic mass is 32.2. The quantitative estimate of drug-likeness (QED) is 0.0621. The van der Waals surface area contributed by atoms with Crippen LogP contribution in [-0.2, 0) is 37.8 Å². The number of carboxylic acids is 1. The molecule has 38 heavy (non-hydrogen) atoms. The number of guanidine groups is 1. The van der Waals surface area contributed by atoms with E-state index in [4.69, 9.17) is 16.9 Å². The molecule has 1 saturated heterocycles. The molecule has 20 heteroatoms. The lowest BCUT2D eigenvalue weighted by Gasteiger charge is -2.43. The number of nitrogens with zero attached hydrogens (tertiary/aromatic N) is 6. The van der Waals surface area contributed by atoms with Crippen molar-refractivity contribution in [3.8, 4) is 0 Å². The summed E-state index contributed by atoms with van der Waals surface area (Å²) < 4.78 is 33.4. The van der Waals surface area contributed by atoms with E-state index in [1.54, 1.807) is 0 Å². The molecule has 2 aliphatic rings. The Kier molecular flexibility index (Phi) is 7.04. The van der Waals surface area contributed by atoms with Crippen LogP contribution in [0, 0.1) is 10.8 Å². The van der Waals surface area contributed by atoms with Crippen molar-refractivity contribution < 1.29 is 32.5 Å². The van der Waals surface area contributed by atoms with Crippen LogP contribution in [0.3, 0.4) is 0 Å². The van der Waals surface area contributed by atoms with Gasteiger partial charge in [-0.05, 0) is 12.8 Å². The number of nitrogens with two attached hydrogens (primary N) is 2. The molecule has 204 valence electrons. The third kappa shape index (κ3) is 5.55. The fraction of sp³-hybridized carbons (Fsp3) is 0.444. The highest BCUT2D eigenvalue weighted by Crippen LogP contribution is 2.46. The highest BCUT2D eigenvalue weighted by Gasteiger charge is 2.55. The number of carbonyl (C=O) groups is 3. The predicted octanol–water partition coefficient (Wildman–Crippen LogP) is -2.85. The van der Waals surface area contributed by atoms with E-state index in [2.05, 4.69) is 30.8 Å². The van der Waals surface area contributed by atoms with Crippen LogP contribution >= 0.6 is 11.3 Å². The first kappa shape index (κ1) is 26.9. The first-order chi connectivity index (χ1) is 17.8. The molecule has 1 aliphatic carbocycles. The van der Waals surface area contributed by atoms with Gasteiger partial charge in [0.05, 0.1) is 31.2 Å². The van der Waals surface area contributed by atoms with E-state index in [1.807, 2.05) is 0 Å². The number of aromatic nitrogens is 4. The second-order valence-corrected chi connectivity index (χ2v) is 10.8. The summed E-state index contributed by atoms with van der Waals surface area (Å²) in [6.07, 6.45) is 2.08. The minimum absolute atomic E-state index is 0.0511. The zero-order valence-electron chi connectivity index (χ0n) is 19.4. The van der Waals surface area contributed by atoms with Crippen molar-refractivity contribution in [2.75, 3.05) is 12.3 Å². The van der Waals surface area contributed by atoms with Crippen molar-refractivity contribution in [3.05, 3.63) is 23.0 Å². The Balaban J connectivity index is 1.55. The Bertz CT molecular complexity index is 1430. The number of amides is 2. The first-order valence-electron chi connectivity index (χ1n) is 10.9. The van der Waals surface area contributed by atoms with Gasteiger partial charge in [0.1, 0.15) is 29.2 Å². The maximum atomic E-state index is 13.2. The maximum Gasteiger partial charge on any atom is 0.362 e. The number of carboxylic acid groups (broad SMARTS) is 1. The Hall–Kier alpha value is -4.17. The fourth-order valence-electron chi connectivity index (χ4n) is 3.69. The van der Waals surface area contributed by atoms with Gasteiger partial charge in [-0.1, -0.05) is 0 Å². The van der Waals surface area contributed by atoms with E-state index in [-0.39, 0.29) is 46.4 Å². The van der Waals surface area contributed by atoms with Crippen LogP contribution < -0.4 is 22.1 Å². The van der Waals surface area contributed by atoms with Crippen LogP contribution in [0.15, 0.2) is 16.6 Å². The van der Waals surface area contributed by atoms with Crippen LogP contribution in [0.5, 0.6) is 0 Å². The molecule has 1 saturated carbocycles. The lowest BCUT2D eigenvalue weighted by Crippen LogP contribution is -2.73. The summed E-state index contributed by atoms with van der Waals surface area (Å²) in [5.41, 5.74) is 9.91. The number of nitrogens with one attached hydrogen (secondary N) is 3. The molecule has 1 aliphatic heterocycles. The largest absolute Gasteiger partial charge is 0.481 e. The summed E-state index contributed by atoms with van der Waals surface area (Å²) in [5, 5.41) is 31.1. The Labute approximate surface area is 218 Å². The SMILES string of the molecule is N=C(N)NCc1cnn(CC2C(NC(=O)/C(=N/CC3(C(=O)O)CC3)c3csc(N)n3)C(=O)N2S(=O)(=O)O)n1. The van der Waals surface area contributed by atoms with Gasteiger partial charge in [-0.15, -0.1) is 11.3 Å². The molecule has 0 bridgehead atoms. The van der Waals surface area contributed by atoms with E-state index < -0.39 is 45.6 Å². The van der Waals surface area contributed by atoms with Crippen molar-refractivity contribution in [2.24, 2.45) is 16.1 Å². The van der Waals surface area contributed by atoms with Crippen LogP contribution in [0.25, 0.3) is 0 Å². The van der Waals surface area contributed by atoms with Crippen LogP contribution in [0.2, 0.25) is 0 Å². The van der Waals surface area contributed by atoms with Crippen LogP contribution in [0.4, 0.5) is 5.13 Å². The highest BCUT2D eigenvalue weighted by molar-refractivity contribution is 7.84. The summed E-state index contributed by atoms with van der Waals surface area (Å²) in [6.45, 7) is -0.500. The molecule has 18 nitrogen and oxygen atoms in total. The minimum atomic E-state index is -4.98. The Morgan fingerprint density at radius 1 is 1.37 bits per heavy atom. The maximum absolute atomic E-state index is 13.2. The van der Waals surface area contributed by atoms with E-state index >= 15 is 0 Å². The van der Waals surface area contributed by atoms with E-state index in [0.717, 1.165) is 16.1 Å². The summed E-state index contributed by atoms with van der Waals surface area (Å²) >= 11 is 1.01. The number of anilines is 1. The van der Waals surface area contributed by atoms with Gasteiger partial charge in [0.2, 0.25) is 0 Å². The zero-order valence-corrected chi connectivity index (χ0v) is 21.1. The Morgan fingerprint density at radius 3 is 2.63 bits per heavy atom.